The van der Waals surface area contributed by atoms with Gasteiger partial charge in [0, 0.05) is 16.3 Å². The monoisotopic (exact) mass is 624 g/mol. The van der Waals surface area contributed by atoms with Crippen molar-refractivity contribution in [1.29, 1.82) is 5.26 Å². The number of rotatable bonds is 6. The van der Waals surface area contributed by atoms with Crippen molar-refractivity contribution in [2.24, 2.45) is 4.99 Å². The van der Waals surface area contributed by atoms with Gasteiger partial charge in [-0.3, -0.25) is 9.36 Å². The molecule has 4 aromatic rings. The van der Waals surface area contributed by atoms with E-state index in [-0.39, 0.29) is 12.2 Å². The number of thiophene rings is 1. The van der Waals surface area contributed by atoms with Gasteiger partial charge in [0.1, 0.15) is 11.1 Å². The molecule has 7 nitrogen and oxygen atoms in total. The summed E-state index contributed by atoms with van der Waals surface area (Å²) in [4.78, 5) is 34.0. The number of carbonyl (C=O) groups is 1. The highest BCUT2D eigenvalue weighted by Gasteiger charge is 2.33. The zero-order valence-electron chi connectivity index (χ0n) is 26.0. The van der Waals surface area contributed by atoms with Crippen LogP contribution in [0.3, 0.4) is 0 Å². The van der Waals surface area contributed by atoms with Gasteiger partial charge >= 0.3 is 5.97 Å². The van der Waals surface area contributed by atoms with Crippen molar-refractivity contribution >= 4 is 34.7 Å². The van der Waals surface area contributed by atoms with E-state index in [1.165, 1.54) is 27.3 Å². The second kappa shape index (κ2) is 11.8. The van der Waals surface area contributed by atoms with E-state index in [0.29, 0.717) is 26.5 Å². The molecule has 0 bridgehead atoms. The summed E-state index contributed by atoms with van der Waals surface area (Å²) in [6.45, 7) is 12.2. The van der Waals surface area contributed by atoms with Crippen LogP contribution in [0, 0.1) is 25.2 Å². The van der Waals surface area contributed by atoms with Gasteiger partial charge in [0.15, 0.2) is 4.80 Å². The van der Waals surface area contributed by atoms with Crippen LogP contribution in [0.5, 0.6) is 0 Å². The van der Waals surface area contributed by atoms with E-state index in [2.05, 4.69) is 42.7 Å². The number of aryl methyl sites for hydroxylation is 2. The van der Waals surface area contributed by atoms with Crippen molar-refractivity contribution in [2.45, 2.75) is 79.2 Å². The molecule has 0 fully saturated rings. The Bertz CT molecular complexity index is 2050. The van der Waals surface area contributed by atoms with Crippen molar-refractivity contribution in [1.82, 2.24) is 9.13 Å². The fourth-order valence-electron chi connectivity index (χ4n) is 6.38. The van der Waals surface area contributed by atoms with Crippen molar-refractivity contribution in [3.63, 3.8) is 0 Å². The van der Waals surface area contributed by atoms with Gasteiger partial charge in [-0.2, -0.15) is 5.26 Å². The average molecular weight is 625 g/mol. The fraction of sp³-hybridized carbons (Fsp3) is 0.371. The first kappa shape index (κ1) is 30.0. The van der Waals surface area contributed by atoms with Crippen molar-refractivity contribution in [3.8, 4) is 11.1 Å². The lowest BCUT2D eigenvalue weighted by molar-refractivity contribution is -0.139. The largest absolute Gasteiger partial charge is 0.463 e. The van der Waals surface area contributed by atoms with Crippen molar-refractivity contribution in [3.05, 3.63) is 105 Å². The highest BCUT2D eigenvalue weighted by atomic mass is 32.1. The molecule has 0 saturated heterocycles. The molecule has 2 aliphatic rings. The number of esters is 1. The molecule has 6 rings (SSSR count). The summed E-state index contributed by atoms with van der Waals surface area (Å²) >= 11 is 3.05. The number of thiazole rings is 1. The molecule has 3 aromatic heterocycles. The molecule has 226 valence electrons. The first-order valence-corrected chi connectivity index (χ1v) is 16.8. The third-order valence-electron chi connectivity index (χ3n) is 8.66. The number of carbonyl (C=O) groups excluding carboxylic acids is 1. The predicted molar refractivity (Wildman–Crippen MR) is 175 cm³/mol. The Morgan fingerprint density at radius 3 is 2.57 bits per heavy atom. The second-order valence-corrected chi connectivity index (χ2v) is 13.9. The lowest BCUT2D eigenvalue weighted by atomic mass is 9.93. The molecule has 0 radical (unpaired) electrons. The molecule has 1 atom stereocenters. The molecule has 0 spiro atoms. The molecule has 1 aliphatic carbocycles. The molecule has 0 amide bonds. The Balaban J connectivity index is 1.50. The summed E-state index contributed by atoms with van der Waals surface area (Å²) in [5.74, 6) is -0.104. The minimum absolute atomic E-state index is 0.199. The predicted octanol–water partition coefficient (Wildman–Crippen LogP) is 6.14. The average Bonchev–Trinajstić information content (AvgIpc) is 3.61. The van der Waals surface area contributed by atoms with E-state index >= 15 is 0 Å². The topological polar surface area (TPSA) is 89.4 Å². The van der Waals surface area contributed by atoms with Crippen LogP contribution in [0.2, 0.25) is 0 Å². The number of hydrogen-bond donors (Lipinski definition) is 0. The summed E-state index contributed by atoms with van der Waals surface area (Å²) in [6, 6.07) is 12.0. The summed E-state index contributed by atoms with van der Waals surface area (Å²) in [5.41, 5.74) is 7.65. The molecule has 44 heavy (non-hydrogen) atoms. The van der Waals surface area contributed by atoms with Crippen LogP contribution in [-0.2, 0) is 22.4 Å². The zero-order valence-corrected chi connectivity index (χ0v) is 27.6. The standard InChI is InChI=1S/C35H36N4O3S2/c1-7-42-34(41)30-21(5)37-35-39(31(30)24-14-12-23(13-15-24)19(2)3)32(40)29(44-35)17-25-16-20(4)38(22(25)6)33-27(18-36)26-10-8-9-11-28(26)43-33/h12-17,19,31H,7-11H2,1-6H3/t31-/m0/s1. The number of hydrogen-bond acceptors (Lipinski definition) is 7. The zero-order chi connectivity index (χ0) is 31.3. The van der Waals surface area contributed by atoms with E-state index in [0.717, 1.165) is 58.8 Å². The van der Waals surface area contributed by atoms with Crippen LogP contribution >= 0.6 is 22.7 Å². The van der Waals surface area contributed by atoms with E-state index in [1.54, 1.807) is 29.8 Å². The summed E-state index contributed by atoms with van der Waals surface area (Å²) < 4.78 is 9.78. The molecule has 9 heteroatoms. The summed E-state index contributed by atoms with van der Waals surface area (Å²) in [6.07, 6.45) is 6.18. The van der Waals surface area contributed by atoms with Crippen LogP contribution in [0.25, 0.3) is 11.1 Å². The first-order chi connectivity index (χ1) is 21.1. The minimum atomic E-state index is -0.642. The molecular weight excluding hydrogens is 589 g/mol. The molecule has 0 N–H and O–H groups in total. The Labute approximate surface area is 265 Å². The molecule has 0 saturated carbocycles. The summed E-state index contributed by atoms with van der Waals surface area (Å²) in [7, 11) is 0. The Morgan fingerprint density at radius 1 is 1.16 bits per heavy atom. The Hall–Kier alpha value is -4.00. The maximum atomic E-state index is 14.2. The van der Waals surface area contributed by atoms with Crippen molar-refractivity contribution < 1.29 is 9.53 Å². The van der Waals surface area contributed by atoms with Gasteiger partial charge in [0.25, 0.3) is 5.56 Å². The molecular formula is C35H36N4O3S2. The minimum Gasteiger partial charge on any atom is -0.463 e. The summed E-state index contributed by atoms with van der Waals surface area (Å²) in [5, 5.41) is 11.1. The van der Waals surface area contributed by atoms with Gasteiger partial charge in [0.05, 0.1) is 34.0 Å². The highest BCUT2D eigenvalue weighted by Crippen LogP contribution is 2.38. The number of nitriles is 1. The number of allylic oxidation sites excluding steroid dienone is 1. The Kier molecular flexibility index (Phi) is 8.08. The number of benzene rings is 1. The number of ether oxygens (including phenoxy) is 1. The van der Waals surface area contributed by atoms with E-state index in [9.17, 15) is 14.9 Å². The molecule has 1 aromatic carbocycles. The lowest BCUT2D eigenvalue weighted by Crippen LogP contribution is -2.39. The molecule has 4 heterocycles. The number of fused-ring (bicyclic) bond motifs is 2. The van der Waals surface area contributed by atoms with Gasteiger partial charge in [-0.15, -0.1) is 11.3 Å². The molecule has 0 unspecified atom stereocenters. The van der Waals surface area contributed by atoms with Gasteiger partial charge in [-0.25, -0.2) is 9.79 Å². The third kappa shape index (κ3) is 5.00. The van der Waals surface area contributed by atoms with Crippen LogP contribution in [0.4, 0.5) is 0 Å². The van der Waals surface area contributed by atoms with E-state index in [1.807, 2.05) is 32.1 Å². The maximum Gasteiger partial charge on any atom is 0.338 e. The highest BCUT2D eigenvalue weighted by molar-refractivity contribution is 7.15. The SMILES string of the molecule is CCOC(=O)C1=C(C)N=c2sc(=Cc3cc(C)n(-c4sc5c(c4C#N)CCCC5)c3C)c(=O)n2[C@H]1c1ccc(C(C)C)cc1. The third-order valence-corrected chi connectivity index (χ3v) is 10.9. The normalized spacial score (nSPS) is 16.5. The fourth-order valence-corrected chi connectivity index (χ4v) is 8.87. The van der Waals surface area contributed by atoms with E-state index in [4.69, 9.17) is 9.73 Å². The van der Waals surface area contributed by atoms with Crippen LogP contribution in [0.1, 0.15) is 96.6 Å². The maximum absolute atomic E-state index is 14.2. The second-order valence-electron chi connectivity index (χ2n) is 11.8. The number of aromatic nitrogens is 2. The Morgan fingerprint density at radius 2 is 1.89 bits per heavy atom. The van der Waals surface area contributed by atoms with Crippen LogP contribution < -0.4 is 14.9 Å². The van der Waals surface area contributed by atoms with Gasteiger partial charge in [-0.1, -0.05) is 49.4 Å². The lowest BCUT2D eigenvalue weighted by Gasteiger charge is -2.25. The molecule has 1 aliphatic heterocycles. The smallest absolute Gasteiger partial charge is 0.338 e. The van der Waals surface area contributed by atoms with Crippen LogP contribution in [-0.4, -0.2) is 21.7 Å². The van der Waals surface area contributed by atoms with Crippen LogP contribution in [0.15, 0.2) is 51.4 Å². The van der Waals surface area contributed by atoms with Gasteiger partial charge in [0.2, 0.25) is 0 Å². The first-order valence-electron chi connectivity index (χ1n) is 15.2. The number of nitrogens with zero attached hydrogens (tertiary/aromatic N) is 4. The van der Waals surface area contributed by atoms with Gasteiger partial charge in [-0.05, 0) is 93.7 Å². The van der Waals surface area contributed by atoms with Gasteiger partial charge < -0.3 is 9.30 Å². The van der Waals surface area contributed by atoms with Crippen molar-refractivity contribution in [2.75, 3.05) is 6.61 Å². The van der Waals surface area contributed by atoms with E-state index < -0.39 is 12.0 Å². The quantitative estimate of drug-likeness (QED) is 0.241.